The first-order valence-electron chi connectivity index (χ1n) is 6.49. The molecule has 0 amide bonds. The third kappa shape index (κ3) is 2.56. The number of carbonyl (C=O) groups excluding carboxylic acids is 1. The number of Topliss-reactive ketones (excluding diaryl/α,β-unsaturated/α-hetero) is 1. The zero-order valence-electron chi connectivity index (χ0n) is 10.9. The van der Waals surface area contributed by atoms with Gasteiger partial charge in [0.05, 0.1) is 13.2 Å². The molecule has 1 aliphatic carbocycles. The van der Waals surface area contributed by atoms with Crippen molar-refractivity contribution in [1.82, 2.24) is 0 Å². The molecule has 0 bridgehead atoms. The van der Waals surface area contributed by atoms with Gasteiger partial charge in [0, 0.05) is 11.8 Å². The highest BCUT2D eigenvalue weighted by Gasteiger charge is 2.33. The van der Waals surface area contributed by atoms with Crippen LogP contribution in [-0.2, 0) is 4.79 Å². The zero-order chi connectivity index (χ0) is 13.1. The molecule has 2 rings (SSSR count). The molecule has 3 heteroatoms. The smallest absolute Gasteiger partial charge is 0.141 e. The van der Waals surface area contributed by atoms with E-state index in [9.17, 15) is 9.90 Å². The predicted molar refractivity (Wildman–Crippen MR) is 69.5 cm³/mol. The van der Waals surface area contributed by atoms with Crippen molar-refractivity contribution in [2.75, 3.05) is 7.11 Å². The van der Waals surface area contributed by atoms with E-state index in [0.717, 1.165) is 30.6 Å². The van der Waals surface area contributed by atoms with Crippen LogP contribution in [0, 0.1) is 11.8 Å². The third-order valence-corrected chi connectivity index (χ3v) is 3.84. The molecular weight excluding hydrogens is 228 g/mol. The summed E-state index contributed by atoms with van der Waals surface area (Å²) in [7, 11) is 1.61. The van der Waals surface area contributed by atoms with Gasteiger partial charge in [-0.1, -0.05) is 25.5 Å². The van der Waals surface area contributed by atoms with Crippen LogP contribution in [0.2, 0.25) is 0 Å². The highest BCUT2D eigenvalue weighted by molar-refractivity contribution is 5.84. The van der Waals surface area contributed by atoms with Gasteiger partial charge in [-0.25, -0.2) is 0 Å². The summed E-state index contributed by atoms with van der Waals surface area (Å²) in [6.45, 7) is 1.95. The van der Waals surface area contributed by atoms with Crippen molar-refractivity contribution >= 4 is 5.78 Å². The van der Waals surface area contributed by atoms with Crippen molar-refractivity contribution in [3.05, 3.63) is 29.8 Å². The molecule has 3 nitrogen and oxygen atoms in total. The summed E-state index contributed by atoms with van der Waals surface area (Å²) in [5, 5.41) is 10.3. The Morgan fingerprint density at radius 1 is 1.28 bits per heavy atom. The number of aliphatic hydroxyl groups is 1. The van der Waals surface area contributed by atoms with Gasteiger partial charge in [0.15, 0.2) is 0 Å². The van der Waals surface area contributed by atoms with Crippen LogP contribution in [0.1, 0.15) is 37.9 Å². The van der Waals surface area contributed by atoms with Crippen molar-refractivity contribution in [3.8, 4) is 5.75 Å². The number of benzene rings is 1. The molecule has 98 valence electrons. The van der Waals surface area contributed by atoms with Gasteiger partial charge in [0.25, 0.3) is 0 Å². The lowest BCUT2D eigenvalue weighted by Crippen LogP contribution is -2.31. The summed E-state index contributed by atoms with van der Waals surface area (Å²) in [6, 6.07) is 7.29. The predicted octanol–water partition coefficient (Wildman–Crippen LogP) is 2.73. The van der Waals surface area contributed by atoms with Crippen LogP contribution < -0.4 is 4.74 Å². The molecular formula is C15H20O3. The summed E-state index contributed by atoms with van der Waals surface area (Å²) in [4.78, 5) is 12.1. The average molecular weight is 248 g/mol. The molecule has 3 atom stereocenters. The SMILES string of the molecule is COc1ccc([C@H](O)[C@@H]2CCC[C@H](C)C2=O)cc1. The van der Waals surface area contributed by atoms with E-state index < -0.39 is 6.10 Å². The molecule has 0 heterocycles. The van der Waals surface area contributed by atoms with E-state index in [0.29, 0.717) is 0 Å². The number of hydrogen-bond donors (Lipinski definition) is 1. The molecule has 0 unspecified atom stereocenters. The summed E-state index contributed by atoms with van der Waals surface area (Å²) in [6.07, 6.45) is 2.07. The largest absolute Gasteiger partial charge is 0.497 e. The average Bonchev–Trinajstić information content (AvgIpc) is 2.41. The lowest BCUT2D eigenvalue weighted by molar-refractivity contribution is -0.132. The molecule has 1 aliphatic rings. The first kappa shape index (κ1) is 13.1. The molecule has 1 aromatic rings. The number of ketones is 1. The van der Waals surface area contributed by atoms with Crippen LogP contribution in [0.5, 0.6) is 5.75 Å². The van der Waals surface area contributed by atoms with Crippen LogP contribution in [0.4, 0.5) is 0 Å². The number of aliphatic hydroxyl groups excluding tert-OH is 1. The van der Waals surface area contributed by atoms with E-state index in [1.54, 1.807) is 7.11 Å². The molecule has 1 saturated carbocycles. The minimum atomic E-state index is -0.689. The zero-order valence-corrected chi connectivity index (χ0v) is 10.9. The van der Waals surface area contributed by atoms with Gasteiger partial charge < -0.3 is 9.84 Å². The Morgan fingerprint density at radius 2 is 1.94 bits per heavy atom. The summed E-state index contributed by atoms with van der Waals surface area (Å²) in [5.41, 5.74) is 0.795. The summed E-state index contributed by atoms with van der Waals surface area (Å²) >= 11 is 0. The number of methoxy groups -OCH3 is 1. The molecule has 0 saturated heterocycles. The van der Waals surface area contributed by atoms with Gasteiger partial charge in [-0.15, -0.1) is 0 Å². The molecule has 0 spiro atoms. The van der Waals surface area contributed by atoms with Gasteiger partial charge in [-0.3, -0.25) is 4.79 Å². The van der Waals surface area contributed by atoms with E-state index in [2.05, 4.69) is 0 Å². The lowest BCUT2D eigenvalue weighted by Gasteiger charge is -2.29. The van der Waals surface area contributed by atoms with Gasteiger partial charge in [0.1, 0.15) is 11.5 Å². The van der Waals surface area contributed by atoms with Crippen LogP contribution in [-0.4, -0.2) is 18.0 Å². The van der Waals surface area contributed by atoms with E-state index in [4.69, 9.17) is 4.74 Å². The summed E-state index contributed by atoms with van der Waals surface area (Å²) in [5.74, 6) is 0.789. The monoisotopic (exact) mass is 248 g/mol. The second-order valence-corrected chi connectivity index (χ2v) is 5.06. The third-order valence-electron chi connectivity index (χ3n) is 3.84. The van der Waals surface area contributed by atoms with Gasteiger partial charge in [-0.2, -0.15) is 0 Å². The van der Waals surface area contributed by atoms with E-state index in [1.165, 1.54) is 0 Å². The molecule has 1 aromatic carbocycles. The fourth-order valence-corrected chi connectivity index (χ4v) is 2.64. The Morgan fingerprint density at radius 3 is 2.56 bits per heavy atom. The van der Waals surface area contributed by atoms with Crippen molar-refractivity contribution in [1.29, 1.82) is 0 Å². The van der Waals surface area contributed by atoms with E-state index in [-0.39, 0.29) is 17.6 Å². The van der Waals surface area contributed by atoms with Crippen LogP contribution in [0.25, 0.3) is 0 Å². The standard InChI is InChI=1S/C15H20O3/c1-10-4-3-5-13(14(10)16)15(17)11-6-8-12(18-2)9-7-11/h6-10,13,15,17H,3-5H2,1-2H3/t10-,13+,15-/m0/s1. The fourth-order valence-electron chi connectivity index (χ4n) is 2.64. The van der Waals surface area contributed by atoms with Crippen LogP contribution in [0.3, 0.4) is 0 Å². The maximum absolute atomic E-state index is 12.1. The highest BCUT2D eigenvalue weighted by atomic mass is 16.5. The molecule has 0 radical (unpaired) electrons. The summed E-state index contributed by atoms with van der Waals surface area (Å²) < 4.78 is 5.08. The van der Waals surface area contributed by atoms with E-state index in [1.807, 2.05) is 31.2 Å². The second kappa shape index (κ2) is 5.53. The van der Waals surface area contributed by atoms with E-state index >= 15 is 0 Å². The Hall–Kier alpha value is -1.35. The number of rotatable bonds is 3. The van der Waals surface area contributed by atoms with Gasteiger partial charge >= 0.3 is 0 Å². The maximum Gasteiger partial charge on any atom is 0.141 e. The van der Waals surface area contributed by atoms with Gasteiger partial charge in [0.2, 0.25) is 0 Å². The fraction of sp³-hybridized carbons (Fsp3) is 0.533. The molecule has 0 aromatic heterocycles. The lowest BCUT2D eigenvalue weighted by atomic mass is 9.77. The molecule has 1 fully saturated rings. The normalized spacial score (nSPS) is 25.8. The molecule has 18 heavy (non-hydrogen) atoms. The minimum absolute atomic E-state index is 0.0802. The first-order chi connectivity index (χ1) is 8.63. The van der Waals surface area contributed by atoms with Crippen molar-refractivity contribution < 1.29 is 14.6 Å². The Kier molecular flexibility index (Phi) is 4.02. The maximum atomic E-state index is 12.1. The second-order valence-electron chi connectivity index (χ2n) is 5.06. The minimum Gasteiger partial charge on any atom is -0.497 e. The quantitative estimate of drug-likeness (QED) is 0.894. The van der Waals surface area contributed by atoms with Crippen molar-refractivity contribution in [3.63, 3.8) is 0 Å². The Balaban J connectivity index is 2.14. The Bertz CT molecular complexity index is 410. The number of ether oxygens (including phenoxy) is 1. The van der Waals surface area contributed by atoms with Crippen molar-refractivity contribution in [2.45, 2.75) is 32.3 Å². The Labute approximate surface area is 108 Å². The highest BCUT2D eigenvalue weighted by Crippen LogP contribution is 2.34. The number of hydrogen-bond acceptors (Lipinski definition) is 3. The van der Waals surface area contributed by atoms with Crippen molar-refractivity contribution in [2.24, 2.45) is 11.8 Å². The molecule has 1 N–H and O–H groups in total. The first-order valence-corrected chi connectivity index (χ1v) is 6.49. The van der Waals surface area contributed by atoms with Crippen LogP contribution in [0.15, 0.2) is 24.3 Å². The van der Waals surface area contributed by atoms with Gasteiger partial charge in [-0.05, 0) is 30.5 Å². The number of carbonyl (C=O) groups is 1. The topological polar surface area (TPSA) is 46.5 Å². The van der Waals surface area contributed by atoms with Crippen LogP contribution >= 0.6 is 0 Å². The molecule has 0 aliphatic heterocycles.